The zero-order valence-electron chi connectivity index (χ0n) is 10.9. The third-order valence-electron chi connectivity index (χ3n) is 2.62. The Morgan fingerprint density at radius 2 is 1.90 bits per heavy atom. The second-order valence-corrected chi connectivity index (χ2v) is 4.95. The van der Waals surface area contributed by atoms with Crippen LogP contribution in [0.3, 0.4) is 0 Å². The molecular weight excluding hydrogens is 314 g/mol. The van der Waals surface area contributed by atoms with E-state index in [1.54, 1.807) is 18.2 Å². The van der Waals surface area contributed by atoms with Crippen molar-refractivity contribution in [3.63, 3.8) is 0 Å². The minimum Gasteiger partial charge on any atom is -0.487 e. The Hall–Kier alpha value is -1.73. The van der Waals surface area contributed by atoms with Crippen LogP contribution >= 0.6 is 23.2 Å². The Bertz CT molecular complexity index is 705. The molecule has 0 radical (unpaired) electrons. The maximum absolute atomic E-state index is 13.3. The summed E-state index contributed by atoms with van der Waals surface area (Å²) in [6, 6.07) is 9.16. The molecule has 1 N–H and O–H groups in total. The molecule has 0 fully saturated rings. The van der Waals surface area contributed by atoms with Crippen molar-refractivity contribution in [3.8, 4) is 17.6 Å². The van der Waals surface area contributed by atoms with Crippen molar-refractivity contribution in [1.82, 2.24) is 0 Å². The summed E-state index contributed by atoms with van der Waals surface area (Å²) in [5.41, 5.74) is 1.31. The molecule has 2 aromatic carbocycles. The molecule has 21 heavy (non-hydrogen) atoms. The molecule has 0 aromatic heterocycles. The maximum Gasteiger partial charge on any atom is 0.138 e. The number of benzene rings is 2. The molecular formula is C16H11Cl2FO2. The first-order valence-electron chi connectivity index (χ1n) is 6.06. The number of hydrogen-bond donors (Lipinski definition) is 1. The number of ether oxygens (including phenoxy) is 1. The SMILES string of the molecule is OCC#Cc1ccc(F)cc1OCc1ccc(Cl)c(Cl)c1. The quantitative estimate of drug-likeness (QED) is 0.863. The van der Waals surface area contributed by atoms with Crippen molar-refractivity contribution in [3.05, 3.63) is 63.4 Å². The van der Waals surface area contributed by atoms with Crippen molar-refractivity contribution in [2.24, 2.45) is 0 Å². The average molecular weight is 325 g/mol. The van der Waals surface area contributed by atoms with Gasteiger partial charge in [0.1, 0.15) is 24.8 Å². The van der Waals surface area contributed by atoms with E-state index in [2.05, 4.69) is 11.8 Å². The molecule has 0 aliphatic carbocycles. The van der Waals surface area contributed by atoms with Crippen molar-refractivity contribution < 1.29 is 14.2 Å². The van der Waals surface area contributed by atoms with Gasteiger partial charge in [0, 0.05) is 6.07 Å². The summed E-state index contributed by atoms with van der Waals surface area (Å²) in [5.74, 6) is 5.10. The second-order valence-electron chi connectivity index (χ2n) is 4.14. The van der Waals surface area contributed by atoms with Crippen LogP contribution in [0.2, 0.25) is 10.0 Å². The van der Waals surface area contributed by atoms with Gasteiger partial charge in [-0.25, -0.2) is 4.39 Å². The van der Waals surface area contributed by atoms with Crippen LogP contribution in [0, 0.1) is 17.7 Å². The summed E-state index contributed by atoms with van der Waals surface area (Å²) in [6.45, 7) is -0.0717. The minimum atomic E-state index is -0.423. The van der Waals surface area contributed by atoms with E-state index in [1.165, 1.54) is 18.2 Å². The van der Waals surface area contributed by atoms with E-state index >= 15 is 0 Å². The Morgan fingerprint density at radius 3 is 2.62 bits per heavy atom. The molecule has 0 spiro atoms. The third kappa shape index (κ3) is 4.37. The van der Waals surface area contributed by atoms with Crippen LogP contribution in [0.15, 0.2) is 36.4 Å². The van der Waals surface area contributed by atoms with Crippen molar-refractivity contribution in [2.75, 3.05) is 6.61 Å². The molecule has 0 aliphatic heterocycles. The highest BCUT2D eigenvalue weighted by atomic mass is 35.5. The summed E-state index contributed by atoms with van der Waals surface area (Å²) in [5, 5.41) is 9.61. The molecule has 0 aliphatic rings. The van der Waals surface area contributed by atoms with Gasteiger partial charge in [-0.15, -0.1) is 0 Å². The molecule has 0 unspecified atom stereocenters. The van der Waals surface area contributed by atoms with E-state index in [1.807, 2.05) is 0 Å². The second kappa shape index (κ2) is 7.33. The topological polar surface area (TPSA) is 29.5 Å². The fourth-order valence-electron chi connectivity index (χ4n) is 1.64. The molecule has 0 saturated heterocycles. The molecule has 2 rings (SSSR count). The Kier molecular flexibility index (Phi) is 5.46. The lowest BCUT2D eigenvalue weighted by Crippen LogP contribution is -1.98. The first kappa shape index (κ1) is 15.7. The monoisotopic (exact) mass is 324 g/mol. The van der Waals surface area contributed by atoms with Crippen LogP contribution in [0.25, 0.3) is 0 Å². The summed E-state index contributed by atoms with van der Waals surface area (Å²) in [7, 11) is 0. The minimum absolute atomic E-state index is 0.203. The number of hydrogen-bond acceptors (Lipinski definition) is 2. The number of rotatable bonds is 3. The fraction of sp³-hybridized carbons (Fsp3) is 0.125. The van der Waals surface area contributed by atoms with Crippen LogP contribution in [-0.2, 0) is 6.61 Å². The van der Waals surface area contributed by atoms with Crippen LogP contribution in [0.5, 0.6) is 5.75 Å². The van der Waals surface area contributed by atoms with E-state index in [-0.39, 0.29) is 13.2 Å². The predicted octanol–water partition coefficient (Wildman–Crippen LogP) is 4.06. The Morgan fingerprint density at radius 1 is 1.10 bits per heavy atom. The predicted molar refractivity (Wildman–Crippen MR) is 81.2 cm³/mol. The fourth-order valence-corrected chi connectivity index (χ4v) is 1.96. The Labute approximate surface area is 132 Å². The van der Waals surface area contributed by atoms with Gasteiger partial charge in [0.05, 0.1) is 15.6 Å². The van der Waals surface area contributed by atoms with E-state index < -0.39 is 5.82 Å². The van der Waals surface area contributed by atoms with Crippen LogP contribution in [0.4, 0.5) is 4.39 Å². The number of aliphatic hydroxyl groups excluding tert-OH is 1. The number of halogens is 3. The largest absolute Gasteiger partial charge is 0.487 e. The van der Waals surface area contributed by atoms with Gasteiger partial charge < -0.3 is 9.84 Å². The lowest BCUT2D eigenvalue weighted by Gasteiger charge is -2.09. The zero-order chi connectivity index (χ0) is 15.2. The molecule has 0 amide bonds. The molecule has 0 heterocycles. The van der Waals surface area contributed by atoms with Crippen LogP contribution in [-0.4, -0.2) is 11.7 Å². The summed E-state index contributed by atoms with van der Waals surface area (Å²) >= 11 is 11.8. The van der Waals surface area contributed by atoms with Gasteiger partial charge in [0.2, 0.25) is 0 Å². The lowest BCUT2D eigenvalue weighted by atomic mass is 10.2. The normalized spacial score (nSPS) is 9.90. The first-order chi connectivity index (χ1) is 10.1. The summed E-state index contributed by atoms with van der Waals surface area (Å²) in [4.78, 5) is 0. The van der Waals surface area contributed by atoms with Gasteiger partial charge in [0.25, 0.3) is 0 Å². The van der Waals surface area contributed by atoms with E-state index in [0.717, 1.165) is 5.56 Å². The molecule has 0 atom stereocenters. The van der Waals surface area contributed by atoms with E-state index in [9.17, 15) is 4.39 Å². The van der Waals surface area contributed by atoms with Gasteiger partial charge >= 0.3 is 0 Å². The standard InChI is InChI=1S/C16H11Cl2FO2/c17-14-6-3-11(8-15(14)18)10-21-16-9-13(19)5-4-12(16)2-1-7-20/h3-6,8-9,20H,7,10H2. The van der Waals surface area contributed by atoms with Crippen LogP contribution in [0.1, 0.15) is 11.1 Å². The summed E-state index contributed by atoms with van der Waals surface area (Å²) < 4.78 is 18.9. The van der Waals surface area contributed by atoms with Crippen molar-refractivity contribution in [1.29, 1.82) is 0 Å². The van der Waals surface area contributed by atoms with Gasteiger partial charge in [-0.05, 0) is 29.8 Å². The molecule has 108 valence electrons. The molecule has 2 nitrogen and oxygen atoms in total. The maximum atomic E-state index is 13.3. The van der Waals surface area contributed by atoms with Crippen LogP contribution < -0.4 is 4.74 Å². The Balaban J connectivity index is 2.18. The highest BCUT2D eigenvalue weighted by molar-refractivity contribution is 6.42. The lowest BCUT2D eigenvalue weighted by molar-refractivity contribution is 0.303. The van der Waals surface area contributed by atoms with E-state index in [4.69, 9.17) is 33.0 Å². The van der Waals surface area contributed by atoms with Crippen molar-refractivity contribution >= 4 is 23.2 Å². The first-order valence-corrected chi connectivity index (χ1v) is 6.82. The van der Waals surface area contributed by atoms with Gasteiger partial charge in [-0.2, -0.15) is 0 Å². The smallest absolute Gasteiger partial charge is 0.138 e. The average Bonchev–Trinajstić information content (AvgIpc) is 2.47. The van der Waals surface area contributed by atoms with Crippen molar-refractivity contribution in [2.45, 2.75) is 6.61 Å². The summed E-state index contributed by atoms with van der Waals surface area (Å²) in [6.07, 6.45) is 0. The molecule has 2 aromatic rings. The highest BCUT2D eigenvalue weighted by Crippen LogP contribution is 2.24. The van der Waals surface area contributed by atoms with Gasteiger partial charge in [0.15, 0.2) is 0 Å². The highest BCUT2D eigenvalue weighted by Gasteiger charge is 2.05. The van der Waals surface area contributed by atoms with Gasteiger partial charge in [-0.1, -0.05) is 41.1 Å². The molecule has 0 bridgehead atoms. The third-order valence-corrected chi connectivity index (χ3v) is 3.36. The number of aliphatic hydroxyl groups is 1. The molecule has 0 saturated carbocycles. The zero-order valence-corrected chi connectivity index (χ0v) is 12.4. The molecule has 5 heteroatoms. The van der Waals surface area contributed by atoms with E-state index in [0.29, 0.717) is 21.4 Å². The van der Waals surface area contributed by atoms with Gasteiger partial charge in [-0.3, -0.25) is 0 Å².